The molecule has 2 fully saturated rings. The lowest BCUT2D eigenvalue weighted by Crippen LogP contribution is -2.44. The molecule has 0 radical (unpaired) electrons. The molecule has 0 aromatic heterocycles. The minimum atomic E-state index is -4.22. The van der Waals surface area contributed by atoms with E-state index >= 15 is 0 Å². The predicted molar refractivity (Wildman–Crippen MR) is 134 cm³/mol. The molecule has 3 aliphatic rings. The van der Waals surface area contributed by atoms with Crippen molar-refractivity contribution >= 4 is 15.6 Å². The Morgan fingerprint density at radius 3 is 2.35 bits per heavy atom. The molecule has 2 unspecified atom stereocenters. The zero-order valence-corrected chi connectivity index (χ0v) is 22.3. The summed E-state index contributed by atoms with van der Waals surface area (Å²) < 4.78 is 94.2. The van der Waals surface area contributed by atoms with Gasteiger partial charge in [0.05, 0.1) is 23.8 Å². The quantitative estimate of drug-likeness (QED) is 0.457. The molecule has 3 aliphatic heterocycles. The maximum atomic E-state index is 14.5. The van der Waals surface area contributed by atoms with Crippen molar-refractivity contribution in [1.82, 2.24) is 20.4 Å². The molecule has 0 aliphatic carbocycles. The van der Waals surface area contributed by atoms with Gasteiger partial charge in [0.25, 0.3) is 0 Å². The van der Waals surface area contributed by atoms with E-state index in [1.54, 1.807) is 24.1 Å². The number of hydrogen-bond donors (Lipinski definition) is 3. The second-order valence-corrected chi connectivity index (χ2v) is 10.0. The fraction of sp³-hybridized carbons (Fsp3) is 0.583. The minimum Gasteiger partial charge on any atom is -0.381 e. The Balaban J connectivity index is 0.00000138. The molecule has 1 aromatic rings. The van der Waals surface area contributed by atoms with E-state index in [2.05, 4.69) is 10.8 Å². The Labute approximate surface area is 216 Å². The van der Waals surface area contributed by atoms with E-state index in [9.17, 15) is 30.4 Å². The van der Waals surface area contributed by atoms with Gasteiger partial charge in [-0.15, -0.1) is 0 Å². The summed E-state index contributed by atoms with van der Waals surface area (Å²) in [4.78, 5) is 7.25. The first-order valence-corrected chi connectivity index (χ1v) is 13.9. The molecule has 2 saturated heterocycles. The van der Waals surface area contributed by atoms with Crippen molar-refractivity contribution in [3.8, 4) is 0 Å². The largest absolute Gasteiger partial charge is 0.381 e. The minimum absolute atomic E-state index is 0. The van der Waals surface area contributed by atoms with Crippen LogP contribution in [-0.2, 0) is 14.9 Å². The van der Waals surface area contributed by atoms with Gasteiger partial charge >= 0.3 is 0 Å². The number of allylic oxidation sites excluding steroid dienone is 2. The van der Waals surface area contributed by atoms with Crippen LogP contribution in [0.2, 0.25) is 0 Å². The standard InChI is InChI=1S/C20H23F5N4O3S.2C2H6.H2/c1-10-2-12(19-13(23)3-11(22)4-14(19)24)20(26-6-10)17-5-18(27-32-17)29-7-15(25)16(8-29)28-33(30,31)9-21;2*1-2;/h2-4,6,15-18,20,26-28H,5,7-9H2,1H3;2*1-2H3;1H/t15-,16+,17-,18?,20?;;;/m0.../s1. The van der Waals surface area contributed by atoms with Crippen LogP contribution in [0.15, 0.2) is 30.0 Å². The number of likely N-dealkylation sites (tertiary alicyclic amines) is 1. The number of nitrogens with zero attached hydrogens (tertiary/aromatic N) is 1. The average Bonchev–Trinajstić information content (AvgIpc) is 3.48. The maximum Gasteiger partial charge on any atom is 0.241 e. The van der Waals surface area contributed by atoms with Gasteiger partial charge in [-0.2, -0.15) is 5.48 Å². The summed E-state index contributed by atoms with van der Waals surface area (Å²) in [6, 6.07) is -2.25. The van der Waals surface area contributed by atoms with Gasteiger partial charge in [-0.3, -0.25) is 9.74 Å². The van der Waals surface area contributed by atoms with Gasteiger partial charge in [0.15, 0.2) is 0 Å². The van der Waals surface area contributed by atoms with Crippen LogP contribution in [-0.4, -0.2) is 62.9 Å². The summed E-state index contributed by atoms with van der Waals surface area (Å²) in [5.41, 5.74) is 3.30. The molecule has 13 heteroatoms. The summed E-state index contributed by atoms with van der Waals surface area (Å²) in [6.07, 6.45) is 0.775. The fourth-order valence-corrected chi connectivity index (χ4v) is 5.12. The topological polar surface area (TPSA) is 82.7 Å². The van der Waals surface area contributed by atoms with Crippen molar-refractivity contribution in [2.45, 2.75) is 71.6 Å². The highest BCUT2D eigenvalue weighted by atomic mass is 32.2. The summed E-state index contributed by atoms with van der Waals surface area (Å²) >= 11 is 0. The van der Waals surface area contributed by atoms with E-state index in [4.69, 9.17) is 4.84 Å². The lowest BCUT2D eigenvalue weighted by Gasteiger charge is -2.29. The number of halogens is 5. The Morgan fingerprint density at radius 1 is 1.14 bits per heavy atom. The van der Waals surface area contributed by atoms with Gasteiger partial charge in [0.2, 0.25) is 16.0 Å². The monoisotopic (exact) mass is 556 g/mol. The van der Waals surface area contributed by atoms with Crippen LogP contribution in [0.3, 0.4) is 0 Å². The first-order chi connectivity index (χ1) is 17.6. The number of rotatable bonds is 6. The maximum absolute atomic E-state index is 14.5. The smallest absolute Gasteiger partial charge is 0.241 e. The lowest BCUT2D eigenvalue weighted by molar-refractivity contribution is 0.00125. The molecule has 0 saturated carbocycles. The van der Waals surface area contributed by atoms with Crippen molar-refractivity contribution in [2.24, 2.45) is 0 Å². The van der Waals surface area contributed by atoms with Crippen LogP contribution in [0.1, 0.15) is 48.0 Å². The fourth-order valence-electron chi connectivity index (χ4n) is 4.37. The molecule has 3 heterocycles. The SMILES string of the molecule is CC.CC.CC1=CNC([C@@H]2CC(N3C[C@H](F)[C@H](NS(=O)(=O)CF)C3)NO2)C(c2c(F)cc(F)cc2F)=C1.[HH]. The molecule has 37 heavy (non-hydrogen) atoms. The predicted octanol–water partition coefficient (Wildman–Crippen LogP) is 4.15. The number of alkyl halides is 2. The van der Waals surface area contributed by atoms with E-state index in [1.165, 1.54) is 0 Å². The summed E-state index contributed by atoms with van der Waals surface area (Å²) in [7, 11) is -4.22. The van der Waals surface area contributed by atoms with Gasteiger partial charge in [-0.25, -0.2) is 35.1 Å². The zero-order valence-electron chi connectivity index (χ0n) is 21.5. The highest BCUT2D eigenvalue weighted by Crippen LogP contribution is 2.34. The van der Waals surface area contributed by atoms with Crippen molar-refractivity contribution in [1.29, 1.82) is 0 Å². The van der Waals surface area contributed by atoms with Crippen LogP contribution in [0.25, 0.3) is 5.57 Å². The van der Waals surface area contributed by atoms with Crippen molar-refractivity contribution in [2.75, 3.05) is 19.1 Å². The van der Waals surface area contributed by atoms with Crippen LogP contribution in [0.5, 0.6) is 0 Å². The molecule has 0 spiro atoms. The Morgan fingerprint density at radius 2 is 1.76 bits per heavy atom. The van der Waals surface area contributed by atoms with Gasteiger partial charge in [-0.05, 0) is 24.3 Å². The molecule has 0 bridgehead atoms. The molecule has 5 atom stereocenters. The third-order valence-corrected chi connectivity index (χ3v) is 6.83. The van der Waals surface area contributed by atoms with Crippen molar-refractivity contribution in [3.63, 3.8) is 0 Å². The molecule has 1 aromatic carbocycles. The van der Waals surface area contributed by atoms with Gasteiger partial charge in [0.1, 0.15) is 29.7 Å². The molecule has 7 nitrogen and oxygen atoms in total. The van der Waals surface area contributed by atoms with E-state index in [0.717, 1.165) is 0 Å². The highest BCUT2D eigenvalue weighted by molar-refractivity contribution is 7.89. The Hall–Kier alpha value is -2.06. The first-order valence-electron chi connectivity index (χ1n) is 12.2. The third-order valence-electron chi connectivity index (χ3n) is 5.88. The molecular formula is C24H37F5N4O3S. The van der Waals surface area contributed by atoms with Crippen LogP contribution < -0.4 is 15.5 Å². The lowest BCUT2D eigenvalue weighted by atomic mass is 9.89. The first kappa shape index (κ1) is 31.2. The van der Waals surface area contributed by atoms with E-state index in [0.29, 0.717) is 17.7 Å². The summed E-state index contributed by atoms with van der Waals surface area (Å²) in [6.45, 7) is 9.59. The van der Waals surface area contributed by atoms with Gasteiger partial charge in [0, 0.05) is 33.1 Å². The number of hydroxylamine groups is 1. The van der Waals surface area contributed by atoms with Crippen LogP contribution >= 0.6 is 0 Å². The van der Waals surface area contributed by atoms with Crippen molar-refractivity contribution in [3.05, 3.63) is 53.0 Å². The molecule has 212 valence electrons. The zero-order chi connectivity index (χ0) is 27.9. The second kappa shape index (κ2) is 13.7. The van der Waals surface area contributed by atoms with E-state index < -0.39 is 64.0 Å². The summed E-state index contributed by atoms with van der Waals surface area (Å²) in [5.74, 6) is -3.13. The number of nitrogens with one attached hydrogen (secondary N) is 3. The number of hydrogen-bond acceptors (Lipinski definition) is 6. The number of dihydropyridines is 1. The number of benzene rings is 1. The van der Waals surface area contributed by atoms with E-state index in [1.807, 2.05) is 32.4 Å². The number of sulfonamides is 1. The van der Waals surface area contributed by atoms with Crippen molar-refractivity contribution < 1.29 is 36.6 Å². The Bertz CT molecular complexity index is 1070. The second-order valence-electron chi connectivity index (χ2n) is 8.32. The summed E-state index contributed by atoms with van der Waals surface area (Å²) in [5, 5.41) is 3.05. The van der Waals surface area contributed by atoms with Crippen LogP contribution in [0.4, 0.5) is 22.0 Å². The van der Waals surface area contributed by atoms with Gasteiger partial charge < -0.3 is 5.32 Å². The third kappa shape index (κ3) is 7.50. The molecular weight excluding hydrogens is 519 g/mol. The van der Waals surface area contributed by atoms with E-state index in [-0.39, 0.29) is 32.1 Å². The highest BCUT2D eigenvalue weighted by Gasteiger charge is 2.44. The normalized spacial score (nSPS) is 27.8. The molecule has 4 rings (SSSR count). The molecule has 0 amide bonds. The molecule has 3 N–H and O–H groups in total. The average molecular weight is 557 g/mol. The van der Waals surface area contributed by atoms with Gasteiger partial charge in [-0.1, -0.05) is 33.8 Å². The van der Waals surface area contributed by atoms with Crippen LogP contribution in [0, 0.1) is 17.5 Å². The Kier molecular flexibility index (Phi) is 11.5.